The first kappa shape index (κ1) is 16.2. The summed E-state index contributed by atoms with van der Waals surface area (Å²) in [5.74, 6) is 0.886. The molecule has 0 saturated carbocycles. The number of rotatable bonds is 6. The lowest BCUT2D eigenvalue weighted by atomic mass is 10.5. The highest BCUT2D eigenvalue weighted by Crippen LogP contribution is 1.83. The minimum absolute atomic E-state index is 0. The van der Waals surface area contributed by atoms with Crippen LogP contribution in [0.15, 0.2) is 23.5 Å². The van der Waals surface area contributed by atoms with Crippen molar-refractivity contribution in [1.82, 2.24) is 20.4 Å². The Kier molecular flexibility index (Phi) is 9.89. The van der Waals surface area contributed by atoms with Gasteiger partial charge in [0, 0.05) is 32.0 Å². The van der Waals surface area contributed by atoms with E-state index in [9.17, 15) is 0 Å². The van der Waals surface area contributed by atoms with Crippen LogP contribution >= 0.6 is 24.0 Å². The number of nitrogens with one attached hydrogen (secondary N) is 2. The molecule has 0 fully saturated rings. The molecule has 6 heteroatoms. The highest BCUT2D eigenvalue weighted by molar-refractivity contribution is 14.0. The van der Waals surface area contributed by atoms with Crippen LogP contribution in [0.4, 0.5) is 0 Å². The fraction of sp³-hybridized carbons (Fsp3) is 0.636. The number of aromatic nitrogens is 2. The molecule has 1 rings (SSSR count). The summed E-state index contributed by atoms with van der Waals surface area (Å²) < 4.78 is 1.90. The van der Waals surface area contributed by atoms with E-state index < -0.39 is 0 Å². The van der Waals surface area contributed by atoms with Crippen molar-refractivity contribution in [3.63, 3.8) is 0 Å². The summed E-state index contributed by atoms with van der Waals surface area (Å²) in [4.78, 5) is 4.42. The van der Waals surface area contributed by atoms with Gasteiger partial charge in [-0.15, -0.1) is 24.0 Å². The molecular weight excluding hydrogens is 329 g/mol. The van der Waals surface area contributed by atoms with Gasteiger partial charge < -0.3 is 10.6 Å². The summed E-state index contributed by atoms with van der Waals surface area (Å²) in [7, 11) is 0. The summed E-state index contributed by atoms with van der Waals surface area (Å²) in [6.45, 7) is 7.61. The lowest BCUT2D eigenvalue weighted by molar-refractivity contribution is 0.598. The van der Waals surface area contributed by atoms with Gasteiger partial charge in [0.2, 0.25) is 0 Å². The van der Waals surface area contributed by atoms with E-state index in [1.807, 2.05) is 16.9 Å². The van der Waals surface area contributed by atoms with Crippen LogP contribution in [0, 0.1) is 0 Å². The molecule has 0 amide bonds. The molecule has 0 radical (unpaired) electrons. The molecule has 98 valence electrons. The highest BCUT2D eigenvalue weighted by atomic mass is 127. The lowest BCUT2D eigenvalue weighted by Crippen LogP contribution is -2.39. The van der Waals surface area contributed by atoms with Crippen molar-refractivity contribution < 1.29 is 0 Å². The largest absolute Gasteiger partial charge is 0.357 e. The van der Waals surface area contributed by atoms with Gasteiger partial charge in [0.1, 0.15) is 0 Å². The van der Waals surface area contributed by atoms with Gasteiger partial charge in [-0.3, -0.25) is 9.67 Å². The molecule has 1 aromatic rings. The second-order valence-electron chi connectivity index (χ2n) is 3.46. The van der Waals surface area contributed by atoms with Crippen LogP contribution in [0.1, 0.15) is 20.3 Å². The zero-order valence-electron chi connectivity index (χ0n) is 10.5. The van der Waals surface area contributed by atoms with E-state index in [0.717, 1.165) is 38.6 Å². The number of guanidine groups is 1. The van der Waals surface area contributed by atoms with Crippen molar-refractivity contribution in [3.05, 3.63) is 18.5 Å². The molecule has 0 unspecified atom stereocenters. The molecule has 0 aliphatic rings. The molecular formula is C11H22IN5. The quantitative estimate of drug-likeness (QED) is 0.464. The topological polar surface area (TPSA) is 54.2 Å². The third-order valence-electron chi connectivity index (χ3n) is 2.03. The first-order valence-electron chi connectivity index (χ1n) is 5.86. The van der Waals surface area contributed by atoms with E-state index in [4.69, 9.17) is 0 Å². The van der Waals surface area contributed by atoms with Gasteiger partial charge in [0.15, 0.2) is 5.96 Å². The fourth-order valence-electron chi connectivity index (χ4n) is 1.29. The molecule has 2 N–H and O–H groups in total. The zero-order chi connectivity index (χ0) is 11.6. The van der Waals surface area contributed by atoms with Crippen molar-refractivity contribution >= 4 is 29.9 Å². The highest BCUT2D eigenvalue weighted by Gasteiger charge is 1.95. The molecule has 0 aromatic carbocycles. The predicted octanol–water partition coefficient (Wildman–Crippen LogP) is 1.47. The molecule has 17 heavy (non-hydrogen) atoms. The third kappa shape index (κ3) is 7.19. The molecule has 1 aromatic heterocycles. The van der Waals surface area contributed by atoms with Gasteiger partial charge in [0.25, 0.3) is 0 Å². The van der Waals surface area contributed by atoms with E-state index in [1.54, 1.807) is 6.20 Å². The van der Waals surface area contributed by atoms with E-state index >= 15 is 0 Å². The minimum Gasteiger partial charge on any atom is -0.357 e. The Balaban J connectivity index is 0.00000256. The first-order valence-corrected chi connectivity index (χ1v) is 5.86. The Hall–Kier alpha value is -0.790. The van der Waals surface area contributed by atoms with Gasteiger partial charge in [-0.05, 0) is 19.4 Å². The van der Waals surface area contributed by atoms with Gasteiger partial charge in [-0.1, -0.05) is 6.92 Å². The second kappa shape index (κ2) is 10.4. The van der Waals surface area contributed by atoms with Gasteiger partial charge >= 0.3 is 0 Å². The van der Waals surface area contributed by atoms with Crippen LogP contribution in [0.2, 0.25) is 0 Å². The van der Waals surface area contributed by atoms with Gasteiger partial charge in [0.05, 0.1) is 6.54 Å². The third-order valence-corrected chi connectivity index (χ3v) is 2.03. The van der Waals surface area contributed by atoms with Crippen LogP contribution in [0.3, 0.4) is 0 Å². The first-order chi connectivity index (χ1) is 7.86. The molecule has 0 bridgehead atoms. The van der Waals surface area contributed by atoms with Crippen LogP contribution in [0.5, 0.6) is 0 Å². The Bertz CT molecular complexity index is 297. The van der Waals surface area contributed by atoms with Crippen molar-refractivity contribution in [2.45, 2.75) is 26.8 Å². The summed E-state index contributed by atoms with van der Waals surface area (Å²) in [6.07, 6.45) is 4.81. The van der Waals surface area contributed by atoms with Crippen molar-refractivity contribution in [2.75, 3.05) is 19.6 Å². The van der Waals surface area contributed by atoms with E-state index in [1.165, 1.54) is 0 Å². The summed E-state index contributed by atoms with van der Waals surface area (Å²) in [6, 6.07) is 1.93. The van der Waals surface area contributed by atoms with Gasteiger partial charge in [-0.2, -0.15) is 5.10 Å². The number of nitrogens with zero attached hydrogens (tertiary/aromatic N) is 3. The van der Waals surface area contributed by atoms with Crippen LogP contribution in [0.25, 0.3) is 0 Å². The minimum atomic E-state index is 0. The molecule has 0 spiro atoms. The molecule has 1 heterocycles. The predicted molar refractivity (Wildman–Crippen MR) is 81.9 cm³/mol. The van der Waals surface area contributed by atoms with E-state index in [-0.39, 0.29) is 24.0 Å². The van der Waals surface area contributed by atoms with Crippen LogP contribution in [-0.4, -0.2) is 35.4 Å². The summed E-state index contributed by atoms with van der Waals surface area (Å²) in [5.41, 5.74) is 0. The number of hydrogen-bond acceptors (Lipinski definition) is 2. The smallest absolute Gasteiger partial charge is 0.191 e. The number of aliphatic imine (C=N–C) groups is 1. The monoisotopic (exact) mass is 351 g/mol. The molecule has 0 aliphatic carbocycles. The number of halogens is 1. The Morgan fingerprint density at radius 3 is 2.76 bits per heavy atom. The molecule has 0 aliphatic heterocycles. The number of hydrogen-bond donors (Lipinski definition) is 2. The average Bonchev–Trinajstić information content (AvgIpc) is 2.79. The van der Waals surface area contributed by atoms with Crippen LogP contribution < -0.4 is 10.6 Å². The fourth-order valence-corrected chi connectivity index (χ4v) is 1.29. The molecule has 0 atom stereocenters. The maximum atomic E-state index is 4.42. The van der Waals surface area contributed by atoms with E-state index in [0.29, 0.717) is 0 Å². The standard InChI is InChI=1S/C11H21N5.HI/c1-3-6-13-11(12-4-2)14-8-10-16-9-5-7-15-16;/h5,7,9H,3-4,6,8,10H2,1-2H3,(H2,12,13,14);1H. The maximum Gasteiger partial charge on any atom is 0.191 e. The lowest BCUT2D eigenvalue weighted by Gasteiger charge is -2.10. The van der Waals surface area contributed by atoms with E-state index in [2.05, 4.69) is 34.6 Å². The normalized spacial score (nSPS) is 10.8. The van der Waals surface area contributed by atoms with Crippen molar-refractivity contribution in [1.29, 1.82) is 0 Å². The molecule has 5 nitrogen and oxygen atoms in total. The van der Waals surface area contributed by atoms with Crippen molar-refractivity contribution in [3.8, 4) is 0 Å². The Morgan fingerprint density at radius 1 is 1.35 bits per heavy atom. The second-order valence-corrected chi connectivity index (χ2v) is 3.46. The van der Waals surface area contributed by atoms with Crippen LogP contribution in [-0.2, 0) is 6.54 Å². The summed E-state index contributed by atoms with van der Waals surface area (Å²) in [5, 5.41) is 10.6. The van der Waals surface area contributed by atoms with Crippen molar-refractivity contribution in [2.24, 2.45) is 4.99 Å². The maximum absolute atomic E-state index is 4.42. The summed E-state index contributed by atoms with van der Waals surface area (Å²) >= 11 is 0. The van der Waals surface area contributed by atoms with Gasteiger partial charge in [-0.25, -0.2) is 0 Å². The zero-order valence-corrected chi connectivity index (χ0v) is 12.8. The molecule has 0 saturated heterocycles. The average molecular weight is 351 g/mol. The Labute approximate surface area is 120 Å². The SMILES string of the molecule is CCCN=C(NCC)NCCn1cccn1.I. The Morgan fingerprint density at radius 2 is 2.18 bits per heavy atom.